The molecule has 3 atom stereocenters. The van der Waals surface area contributed by atoms with Crippen molar-refractivity contribution in [3.8, 4) is 28.1 Å². The summed E-state index contributed by atoms with van der Waals surface area (Å²) in [5.74, 6) is -1.29. The van der Waals surface area contributed by atoms with Gasteiger partial charge in [0, 0.05) is 36.0 Å². The molecule has 0 aliphatic heterocycles. The van der Waals surface area contributed by atoms with E-state index >= 15 is 0 Å². The highest BCUT2D eigenvalue weighted by Crippen LogP contribution is 2.43. The summed E-state index contributed by atoms with van der Waals surface area (Å²) in [6.07, 6.45) is -0.933. The zero-order valence-corrected chi connectivity index (χ0v) is 31.3. The molecule has 1 amide bonds. The summed E-state index contributed by atoms with van der Waals surface area (Å²) in [7, 11) is 1.93. The van der Waals surface area contributed by atoms with Crippen molar-refractivity contribution in [2.45, 2.75) is 77.2 Å². The zero-order valence-electron chi connectivity index (χ0n) is 31.3. The fourth-order valence-corrected chi connectivity index (χ4v) is 6.71. The van der Waals surface area contributed by atoms with E-state index in [-0.39, 0.29) is 30.9 Å². The van der Waals surface area contributed by atoms with E-state index in [1.807, 2.05) is 106 Å². The number of aliphatic hydroxyl groups is 1. The topological polar surface area (TPSA) is 122 Å². The first-order chi connectivity index (χ1) is 26.0. The number of hydrogen-bond donors (Lipinski definition) is 4. The van der Waals surface area contributed by atoms with Crippen LogP contribution in [0.25, 0.3) is 22.4 Å². The second-order valence-electron chi connectivity index (χ2n) is 13.8. The van der Waals surface area contributed by atoms with Gasteiger partial charge in [-0.25, -0.2) is 4.39 Å². The molecule has 0 aliphatic rings. The fraction of sp³-hybridized carbons (Fsp3) is 0.318. The highest BCUT2D eigenvalue weighted by Gasteiger charge is 2.31. The Morgan fingerprint density at radius 3 is 2.11 bits per heavy atom. The molecule has 1 unspecified atom stereocenters. The average molecular weight is 736 g/mol. The van der Waals surface area contributed by atoms with Crippen molar-refractivity contribution in [2.24, 2.45) is 0 Å². The van der Waals surface area contributed by atoms with Crippen LogP contribution in [0.5, 0.6) is 5.75 Å². The van der Waals surface area contributed by atoms with Crippen LogP contribution in [-0.4, -0.2) is 58.7 Å². The molecule has 0 aliphatic carbocycles. The smallest absolute Gasteiger partial charge is 0.305 e. The number of nitrogens with zero attached hydrogens (tertiary/aromatic N) is 1. The van der Waals surface area contributed by atoms with Crippen LogP contribution in [0, 0.1) is 5.82 Å². The third kappa shape index (κ3) is 10.7. The number of halogens is 1. The van der Waals surface area contributed by atoms with Crippen LogP contribution < -0.4 is 15.4 Å². The lowest BCUT2D eigenvalue weighted by molar-refractivity contribution is -0.140. The summed E-state index contributed by atoms with van der Waals surface area (Å²) in [6.45, 7) is 6.38. The average Bonchev–Trinajstić information content (AvgIpc) is 3.51. The number of nitrogens with one attached hydrogen (secondary N) is 2. The van der Waals surface area contributed by atoms with Gasteiger partial charge in [0.15, 0.2) is 6.79 Å². The highest BCUT2D eigenvalue weighted by molar-refractivity contribution is 6.12. The van der Waals surface area contributed by atoms with Gasteiger partial charge in [-0.15, -0.1) is 0 Å². The van der Waals surface area contributed by atoms with Gasteiger partial charge >= 0.3 is 5.97 Å². The van der Waals surface area contributed by atoms with Crippen molar-refractivity contribution in [3.05, 3.63) is 132 Å². The molecule has 0 saturated carbocycles. The molecule has 5 aromatic rings. The first-order valence-corrected chi connectivity index (χ1v) is 18.4. The second kappa shape index (κ2) is 19.2. The van der Waals surface area contributed by atoms with Crippen LogP contribution in [0.2, 0.25) is 0 Å². The molecule has 0 saturated heterocycles. The number of aromatic nitrogens is 1. The summed E-state index contributed by atoms with van der Waals surface area (Å²) in [6, 6.07) is 33.2. The number of benzene rings is 4. The first-order valence-electron chi connectivity index (χ1n) is 18.4. The number of anilines is 1. The number of para-hydroxylation sites is 1. The van der Waals surface area contributed by atoms with E-state index in [0.29, 0.717) is 41.6 Å². The van der Waals surface area contributed by atoms with Gasteiger partial charge < -0.3 is 34.9 Å². The summed E-state index contributed by atoms with van der Waals surface area (Å²) >= 11 is 0. The molecule has 1 aromatic heterocycles. The number of likely N-dealkylation sites (N-methyl/N-ethyl adjacent to an activating group) is 1. The van der Waals surface area contributed by atoms with Crippen molar-refractivity contribution in [1.82, 2.24) is 9.88 Å². The van der Waals surface area contributed by atoms with E-state index in [1.54, 1.807) is 12.1 Å². The lowest BCUT2D eigenvalue weighted by atomic mass is 9.94. The van der Waals surface area contributed by atoms with E-state index in [0.717, 1.165) is 34.5 Å². The summed E-state index contributed by atoms with van der Waals surface area (Å²) < 4.78 is 28.6. The van der Waals surface area contributed by atoms with E-state index in [4.69, 9.17) is 9.47 Å². The van der Waals surface area contributed by atoms with Crippen LogP contribution in [0.1, 0.15) is 67.6 Å². The van der Waals surface area contributed by atoms with E-state index in [1.165, 1.54) is 12.1 Å². The predicted octanol–water partition coefficient (Wildman–Crippen LogP) is 8.52. The van der Waals surface area contributed by atoms with E-state index < -0.39 is 24.6 Å². The van der Waals surface area contributed by atoms with Gasteiger partial charge in [0.1, 0.15) is 11.6 Å². The number of carbonyl (C=O) groups excluding carboxylic acids is 1. The number of ether oxygens (including phenoxy) is 2. The Morgan fingerprint density at radius 2 is 1.50 bits per heavy atom. The molecule has 284 valence electrons. The molecule has 4 N–H and O–H groups in total. The van der Waals surface area contributed by atoms with Crippen molar-refractivity contribution in [2.75, 3.05) is 19.2 Å². The van der Waals surface area contributed by atoms with Crippen LogP contribution in [0.3, 0.4) is 0 Å². The highest BCUT2D eigenvalue weighted by atomic mass is 19.1. The van der Waals surface area contributed by atoms with Crippen molar-refractivity contribution in [3.63, 3.8) is 0 Å². The Labute approximate surface area is 316 Å². The fourth-order valence-electron chi connectivity index (χ4n) is 6.71. The van der Waals surface area contributed by atoms with Gasteiger partial charge in [-0.3, -0.25) is 9.59 Å². The monoisotopic (exact) mass is 735 g/mol. The first kappa shape index (κ1) is 39.9. The Morgan fingerprint density at radius 1 is 0.852 bits per heavy atom. The standard InChI is InChI=1S/C44H50FN3O6/c1-29(2)42-41(44(52)47-35-13-9-6-10-14-35)40(32-11-7-5-8-12-32)43(33-17-19-34(45)20-18-33)48(42)24-23-38(26-36(49)27-39(50)51)54-28-53-37-21-15-31(16-22-37)25-30(3)46-4/h5-22,29-30,36,38,46,49H,23-28H2,1-4H3,(H,47,52)(H,50,51)/t30?,36-,38-/m1/s1. The van der Waals surface area contributed by atoms with E-state index in [9.17, 15) is 24.2 Å². The molecular formula is C44H50FN3O6. The zero-order chi connectivity index (χ0) is 38.6. The van der Waals surface area contributed by atoms with Crippen molar-refractivity contribution < 1.29 is 33.7 Å². The number of carboxylic acid groups (broad SMARTS) is 1. The van der Waals surface area contributed by atoms with Gasteiger partial charge in [-0.05, 0) is 98.0 Å². The molecule has 0 radical (unpaired) electrons. The van der Waals surface area contributed by atoms with Crippen LogP contribution >= 0.6 is 0 Å². The Balaban J connectivity index is 1.52. The Kier molecular flexibility index (Phi) is 14.2. The van der Waals surface area contributed by atoms with Crippen molar-refractivity contribution in [1.29, 1.82) is 0 Å². The number of hydrogen-bond acceptors (Lipinski definition) is 6. The Bertz CT molecular complexity index is 1950. The maximum absolute atomic E-state index is 14.4. The maximum atomic E-state index is 14.4. The number of aliphatic hydroxyl groups excluding tert-OH is 1. The number of rotatable bonds is 19. The minimum absolute atomic E-state index is 0.0492. The quantitative estimate of drug-likeness (QED) is 0.0628. The molecule has 1 heterocycles. The molecule has 9 nitrogen and oxygen atoms in total. The minimum Gasteiger partial charge on any atom is -0.481 e. The van der Waals surface area contributed by atoms with Gasteiger partial charge in [0.2, 0.25) is 0 Å². The third-order valence-corrected chi connectivity index (χ3v) is 9.40. The number of aliphatic carboxylic acids is 1. The minimum atomic E-state index is -1.15. The third-order valence-electron chi connectivity index (χ3n) is 9.40. The van der Waals surface area contributed by atoms with Gasteiger partial charge in [-0.1, -0.05) is 74.5 Å². The number of amides is 1. The van der Waals surface area contributed by atoms with Crippen molar-refractivity contribution >= 4 is 17.6 Å². The SMILES string of the molecule is CNC(C)Cc1ccc(OCO[C@H](CCn2c(-c3ccc(F)cc3)c(-c3ccccc3)c(C(=O)Nc3ccccc3)c2C(C)C)C[C@@H](O)CC(=O)O)cc1. The van der Waals surface area contributed by atoms with Gasteiger partial charge in [-0.2, -0.15) is 0 Å². The molecule has 54 heavy (non-hydrogen) atoms. The Hall–Kier alpha value is -5.29. The summed E-state index contributed by atoms with van der Waals surface area (Å²) in [4.78, 5) is 25.9. The number of carbonyl (C=O) groups is 2. The molecular weight excluding hydrogens is 685 g/mol. The van der Waals surface area contributed by atoms with Crippen LogP contribution in [-0.2, 0) is 22.5 Å². The van der Waals surface area contributed by atoms with E-state index in [2.05, 4.69) is 22.1 Å². The molecule has 0 spiro atoms. The normalized spacial score (nSPS) is 13.0. The number of carboxylic acids is 1. The largest absolute Gasteiger partial charge is 0.481 e. The molecule has 10 heteroatoms. The molecule has 5 rings (SSSR count). The molecule has 4 aromatic carbocycles. The van der Waals surface area contributed by atoms with Crippen LogP contribution in [0.15, 0.2) is 109 Å². The predicted molar refractivity (Wildman–Crippen MR) is 210 cm³/mol. The van der Waals surface area contributed by atoms with Crippen LogP contribution in [0.4, 0.5) is 10.1 Å². The lowest BCUT2D eigenvalue weighted by Gasteiger charge is -2.23. The second-order valence-corrected chi connectivity index (χ2v) is 13.8. The van der Waals surface area contributed by atoms with Gasteiger partial charge in [0.05, 0.1) is 29.9 Å². The summed E-state index contributed by atoms with van der Waals surface area (Å²) in [5, 5.41) is 26.5. The molecule has 0 bridgehead atoms. The van der Waals surface area contributed by atoms with Gasteiger partial charge in [0.25, 0.3) is 5.91 Å². The summed E-state index contributed by atoms with van der Waals surface area (Å²) in [5.41, 5.74) is 6.06. The maximum Gasteiger partial charge on any atom is 0.305 e. The molecule has 0 fully saturated rings. The lowest BCUT2D eigenvalue weighted by Crippen LogP contribution is -2.26.